The fourth-order valence-electron chi connectivity index (χ4n) is 1.06. The summed E-state index contributed by atoms with van der Waals surface area (Å²) in [6.07, 6.45) is 0. The van der Waals surface area contributed by atoms with Gasteiger partial charge in [0.05, 0.1) is 0 Å². The van der Waals surface area contributed by atoms with Crippen molar-refractivity contribution in [3.8, 4) is 5.75 Å². The lowest BCUT2D eigenvalue weighted by atomic mass is 10.0. The monoisotopic (exact) mass is 259 g/mol. The maximum Gasteiger partial charge on any atom is 0.325 e. The van der Waals surface area contributed by atoms with Crippen LogP contribution in [0.2, 0.25) is 0 Å². The minimum Gasteiger partial charge on any atom is -0.508 e. The number of carbonyl (C=O) groups is 1. The minimum atomic E-state index is -1.20. The number of halogens is 1. The molecular weight excluding hydrogens is 250 g/mol. The third-order valence-corrected chi connectivity index (χ3v) is 2.76. The van der Waals surface area contributed by atoms with Crippen molar-refractivity contribution in [3.05, 3.63) is 27.7 Å². The Morgan fingerprint density at radius 1 is 1.57 bits per heavy atom. The molecule has 76 valence electrons. The van der Waals surface area contributed by atoms with Crippen LogP contribution in [-0.4, -0.2) is 16.2 Å². The van der Waals surface area contributed by atoms with Gasteiger partial charge in [0.25, 0.3) is 0 Å². The predicted molar refractivity (Wildman–Crippen MR) is 55.1 cm³/mol. The lowest BCUT2D eigenvalue weighted by Gasteiger charge is -2.10. The molecule has 1 rings (SSSR count). The number of phenolic OH excluding ortho intramolecular Hbond substituents is 1. The smallest absolute Gasteiger partial charge is 0.325 e. The van der Waals surface area contributed by atoms with Gasteiger partial charge >= 0.3 is 5.97 Å². The zero-order valence-corrected chi connectivity index (χ0v) is 9.08. The number of hydrogen-bond acceptors (Lipinski definition) is 3. The molecule has 0 saturated carbocycles. The summed E-state index contributed by atoms with van der Waals surface area (Å²) in [5.41, 5.74) is 6.40. The van der Waals surface area contributed by atoms with Crippen LogP contribution in [0.15, 0.2) is 16.6 Å². The topological polar surface area (TPSA) is 83.5 Å². The number of carboxylic acid groups (broad SMARTS) is 1. The highest BCUT2D eigenvalue weighted by Gasteiger charge is 2.18. The van der Waals surface area contributed by atoms with Crippen LogP contribution in [0.1, 0.15) is 17.2 Å². The Labute approximate surface area is 89.5 Å². The van der Waals surface area contributed by atoms with E-state index in [9.17, 15) is 9.90 Å². The summed E-state index contributed by atoms with van der Waals surface area (Å²) in [6, 6.07) is 1.79. The fraction of sp³-hybridized carbons (Fsp3) is 0.222. The molecule has 0 saturated heterocycles. The molecule has 5 heteroatoms. The maximum absolute atomic E-state index is 10.6. The quantitative estimate of drug-likeness (QED) is 0.753. The van der Waals surface area contributed by atoms with Crippen LogP contribution in [0.3, 0.4) is 0 Å². The van der Waals surface area contributed by atoms with Gasteiger partial charge in [0, 0.05) is 10.0 Å². The summed E-state index contributed by atoms with van der Waals surface area (Å²) in [5, 5.41) is 18.1. The minimum absolute atomic E-state index is 0.0967. The van der Waals surface area contributed by atoms with E-state index in [4.69, 9.17) is 10.8 Å². The summed E-state index contributed by atoms with van der Waals surface area (Å²) in [5.74, 6) is -1.27. The molecule has 0 aliphatic heterocycles. The average molecular weight is 260 g/mol. The summed E-state index contributed by atoms with van der Waals surface area (Å²) in [7, 11) is 0. The van der Waals surface area contributed by atoms with E-state index in [-0.39, 0.29) is 11.3 Å². The van der Waals surface area contributed by atoms with Gasteiger partial charge in [0.15, 0.2) is 0 Å². The second kappa shape index (κ2) is 3.98. The molecule has 0 unspecified atom stereocenters. The molecule has 0 fully saturated rings. The molecule has 14 heavy (non-hydrogen) atoms. The van der Waals surface area contributed by atoms with Gasteiger partial charge in [0.1, 0.15) is 11.8 Å². The number of aromatic hydroxyl groups is 1. The second-order valence-electron chi connectivity index (χ2n) is 2.98. The van der Waals surface area contributed by atoms with E-state index in [1.54, 1.807) is 6.92 Å². The van der Waals surface area contributed by atoms with E-state index in [1.165, 1.54) is 12.1 Å². The Morgan fingerprint density at radius 2 is 2.14 bits per heavy atom. The summed E-state index contributed by atoms with van der Waals surface area (Å²) < 4.78 is 0.724. The van der Waals surface area contributed by atoms with E-state index in [1.807, 2.05) is 0 Å². The highest BCUT2D eigenvalue weighted by Crippen LogP contribution is 2.29. The number of nitrogens with two attached hydrogens (primary N) is 1. The number of carboxylic acids is 1. The van der Waals surface area contributed by atoms with Crippen molar-refractivity contribution in [1.29, 1.82) is 0 Å². The van der Waals surface area contributed by atoms with Gasteiger partial charge < -0.3 is 15.9 Å². The van der Waals surface area contributed by atoms with Gasteiger partial charge in [-0.2, -0.15) is 0 Å². The Balaban J connectivity index is 3.22. The SMILES string of the molecule is Cc1cc(O)c([C@H](N)C(=O)O)cc1Br. The molecule has 4 nitrogen and oxygen atoms in total. The van der Waals surface area contributed by atoms with Crippen molar-refractivity contribution in [2.75, 3.05) is 0 Å². The molecule has 4 N–H and O–H groups in total. The lowest BCUT2D eigenvalue weighted by molar-refractivity contribution is -0.138. The lowest BCUT2D eigenvalue weighted by Crippen LogP contribution is -2.20. The summed E-state index contributed by atoms with van der Waals surface area (Å²) >= 11 is 3.24. The predicted octanol–water partition coefficient (Wildman–Crippen LogP) is 1.55. The van der Waals surface area contributed by atoms with E-state index < -0.39 is 12.0 Å². The first kappa shape index (κ1) is 11.0. The van der Waals surface area contributed by atoms with Crippen molar-refractivity contribution < 1.29 is 15.0 Å². The molecule has 0 heterocycles. The highest BCUT2D eigenvalue weighted by molar-refractivity contribution is 9.10. The van der Waals surface area contributed by atoms with Crippen molar-refractivity contribution in [2.45, 2.75) is 13.0 Å². The fourth-order valence-corrected chi connectivity index (χ4v) is 1.42. The van der Waals surface area contributed by atoms with Crippen LogP contribution >= 0.6 is 15.9 Å². The van der Waals surface area contributed by atoms with Gasteiger partial charge in [-0.05, 0) is 24.6 Å². The molecule has 0 aliphatic rings. The highest BCUT2D eigenvalue weighted by atomic mass is 79.9. The van der Waals surface area contributed by atoms with Crippen LogP contribution < -0.4 is 5.73 Å². The molecule has 0 aromatic heterocycles. The summed E-state index contributed by atoms with van der Waals surface area (Å²) in [6.45, 7) is 1.79. The normalized spacial score (nSPS) is 12.5. The number of phenols is 1. The van der Waals surface area contributed by atoms with Crippen LogP contribution in [0, 0.1) is 6.92 Å². The van der Waals surface area contributed by atoms with Crippen molar-refractivity contribution in [3.63, 3.8) is 0 Å². The molecular formula is C9H10BrNO3. The van der Waals surface area contributed by atoms with Crippen LogP contribution in [0.4, 0.5) is 0 Å². The Hall–Kier alpha value is -1.07. The standard InChI is InChI=1S/C9H10BrNO3/c1-4-2-7(12)5(3-6(4)10)8(11)9(13)14/h2-3,8,12H,11H2,1H3,(H,13,14)/t8-/m0/s1. The van der Waals surface area contributed by atoms with Gasteiger partial charge in [-0.1, -0.05) is 15.9 Å². The Morgan fingerprint density at radius 3 is 2.64 bits per heavy atom. The molecule has 0 amide bonds. The van der Waals surface area contributed by atoms with Crippen LogP contribution in [-0.2, 0) is 4.79 Å². The molecule has 0 radical (unpaired) electrons. The molecule has 1 aromatic rings. The zero-order valence-electron chi connectivity index (χ0n) is 7.49. The Kier molecular flexibility index (Phi) is 3.13. The molecule has 1 atom stereocenters. The number of aryl methyl sites for hydroxylation is 1. The largest absolute Gasteiger partial charge is 0.508 e. The number of aliphatic carboxylic acids is 1. The number of benzene rings is 1. The number of rotatable bonds is 2. The average Bonchev–Trinajstić information content (AvgIpc) is 2.10. The second-order valence-corrected chi connectivity index (χ2v) is 3.83. The number of hydrogen-bond donors (Lipinski definition) is 3. The van der Waals surface area contributed by atoms with Gasteiger partial charge in [-0.15, -0.1) is 0 Å². The van der Waals surface area contributed by atoms with Crippen molar-refractivity contribution >= 4 is 21.9 Å². The first-order valence-electron chi connectivity index (χ1n) is 3.91. The van der Waals surface area contributed by atoms with E-state index in [0.29, 0.717) is 0 Å². The van der Waals surface area contributed by atoms with E-state index >= 15 is 0 Å². The molecule has 1 aromatic carbocycles. The zero-order chi connectivity index (χ0) is 10.9. The van der Waals surface area contributed by atoms with Crippen LogP contribution in [0.5, 0.6) is 5.75 Å². The van der Waals surface area contributed by atoms with Gasteiger partial charge in [0.2, 0.25) is 0 Å². The summed E-state index contributed by atoms with van der Waals surface area (Å²) in [4.78, 5) is 10.6. The van der Waals surface area contributed by atoms with E-state index in [2.05, 4.69) is 15.9 Å². The molecule has 0 bridgehead atoms. The first-order chi connectivity index (χ1) is 6.43. The molecule has 0 aliphatic carbocycles. The van der Waals surface area contributed by atoms with Gasteiger partial charge in [-0.25, -0.2) is 0 Å². The van der Waals surface area contributed by atoms with Crippen molar-refractivity contribution in [1.82, 2.24) is 0 Å². The van der Waals surface area contributed by atoms with Crippen molar-refractivity contribution in [2.24, 2.45) is 5.73 Å². The van der Waals surface area contributed by atoms with E-state index in [0.717, 1.165) is 10.0 Å². The maximum atomic E-state index is 10.6. The third-order valence-electron chi connectivity index (χ3n) is 1.91. The molecule has 0 spiro atoms. The van der Waals surface area contributed by atoms with Gasteiger partial charge in [-0.3, -0.25) is 4.79 Å². The Bertz CT molecular complexity index is 379. The third kappa shape index (κ3) is 2.05. The first-order valence-corrected chi connectivity index (χ1v) is 4.70. The van der Waals surface area contributed by atoms with Crippen LogP contribution in [0.25, 0.3) is 0 Å².